The fourth-order valence-electron chi connectivity index (χ4n) is 3.26. The highest BCUT2D eigenvalue weighted by Crippen LogP contribution is 2.11. The molecule has 0 saturated carbocycles. The van der Waals surface area contributed by atoms with Gasteiger partial charge in [-0.3, -0.25) is 28.8 Å². The molecule has 31 heavy (non-hydrogen) atoms. The van der Waals surface area contributed by atoms with Crippen LogP contribution in [0.5, 0.6) is 0 Å². The monoisotopic (exact) mass is 433 g/mol. The van der Waals surface area contributed by atoms with Gasteiger partial charge in [-0.05, 0) is 37.0 Å². The molecule has 1 heterocycles. The first kappa shape index (κ1) is 24.0. The van der Waals surface area contributed by atoms with Crippen molar-refractivity contribution in [3.05, 3.63) is 62.0 Å². The summed E-state index contributed by atoms with van der Waals surface area (Å²) in [6.07, 6.45) is 0.418. The molecule has 1 amide bonds. The number of primary amides is 1. The molecule has 1 atom stereocenters. The minimum absolute atomic E-state index is 0.0341. The van der Waals surface area contributed by atoms with Crippen molar-refractivity contribution in [2.75, 3.05) is 12.3 Å². The molecular formula is C21H28FN5O4. The normalized spacial score (nSPS) is 12.2. The molecule has 0 spiro atoms. The summed E-state index contributed by atoms with van der Waals surface area (Å²) in [4.78, 5) is 50.0. The lowest BCUT2D eigenvalue weighted by Gasteiger charge is -2.18. The second-order valence-electron chi connectivity index (χ2n) is 7.69. The minimum atomic E-state index is -0.799. The zero-order valence-corrected chi connectivity index (χ0v) is 17.9. The number of hydrogen-bond donors (Lipinski definition) is 3. The van der Waals surface area contributed by atoms with Crippen LogP contribution in [0.2, 0.25) is 0 Å². The average molecular weight is 433 g/mol. The minimum Gasteiger partial charge on any atom is -0.384 e. The number of nitrogens with two attached hydrogens (primary N) is 2. The molecule has 5 N–H and O–H groups in total. The first-order valence-corrected chi connectivity index (χ1v) is 10.00. The highest BCUT2D eigenvalue weighted by Gasteiger charge is 2.24. The predicted molar refractivity (Wildman–Crippen MR) is 115 cm³/mol. The van der Waals surface area contributed by atoms with Crippen LogP contribution in [0.25, 0.3) is 0 Å². The highest BCUT2D eigenvalue weighted by atomic mass is 19.1. The summed E-state index contributed by atoms with van der Waals surface area (Å²) in [6, 6.07) is 4.69. The van der Waals surface area contributed by atoms with E-state index < -0.39 is 34.8 Å². The predicted octanol–water partition coefficient (Wildman–Crippen LogP) is 0.472. The van der Waals surface area contributed by atoms with Crippen LogP contribution in [0, 0.1) is 11.7 Å². The number of amides is 1. The molecule has 0 radical (unpaired) electrons. The Bertz CT molecular complexity index is 1070. The molecule has 2 rings (SSSR count). The number of Topliss-reactive ketones (excluding diaryl/α,β-unsaturated/α-hetero) is 1. The van der Waals surface area contributed by atoms with E-state index in [4.69, 9.17) is 11.5 Å². The van der Waals surface area contributed by atoms with Crippen LogP contribution < -0.4 is 28.0 Å². The van der Waals surface area contributed by atoms with Crippen molar-refractivity contribution in [2.45, 2.75) is 46.3 Å². The van der Waals surface area contributed by atoms with Crippen LogP contribution in [0.4, 0.5) is 10.2 Å². The van der Waals surface area contributed by atoms with Gasteiger partial charge >= 0.3 is 5.69 Å². The molecule has 0 fully saturated rings. The van der Waals surface area contributed by atoms with Crippen LogP contribution in [0.3, 0.4) is 0 Å². The van der Waals surface area contributed by atoms with Gasteiger partial charge in [-0.2, -0.15) is 0 Å². The van der Waals surface area contributed by atoms with E-state index in [2.05, 4.69) is 5.32 Å². The quantitative estimate of drug-likeness (QED) is 0.465. The molecule has 2 aromatic rings. The van der Waals surface area contributed by atoms with Crippen LogP contribution >= 0.6 is 0 Å². The van der Waals surface area contributed by atoms with E-state index in [9.17, 15) is 23.6 Å². The maximum absolute atomic E-state index is 13.2. The third-order valence-corrected chi connectivity index (χ3v) is 4.88. The number of benzene rings is 1. The second-order valence-corrected chi connectivity index (χ2v) is 7.69. The van der Waals surface area contributed by atoms with Gasteiger partial charge in [0.25, 0.3) is 5.56 Å². The van der Waals surface area contributed by atoms with Crippen molar-refractivity contribution < 1.29 is 14.0 Å². The summed E-state index contributed by atoms with van der Waals surface area (Å²) in [5.74, 6) is -1.83. The lowest BCUT2D eigenvalue weighted by atomic mass is 10.0. The van der Waals surface area contributed by atoms with E-state index >= 15 is 0 Å². The molecule has 168 valence electrons. The molecule has 1 unspecified atom stereocenters. The van der Waals surface area contributed by atoms with E-state index in [1.807, 2.05) is 13.8 Å². The summed E-state index contributed by atoms with van der Waals surface area (Å²) in [5, 5.41) is 2.77. The number of carbonyl (C=O) groups excluding carboxylic acids is 2. The molecule has 9 nitrogen and oxygen atoms in total. The summed E-state index contributed by atoms with van der Waals surface area (Å²) < 4.78 is 15.2. The third-order valence-electron chi connectivity index (χ3n) is 4.88. The molecule has 0 aliphatic heterocycles. The van der Waals surface area contributed by atoms with Crippen molar-refractivity contribution in [1.29, 1.82) is 0 Å². The third kappa shape index (κ3) is 5.66. The fourth-order valence-corrected chi connectivity index (χ4v) is 3.26. The van der Waals surface area contributed by atoms with Crippen LogP contribution in [-0.2, 0) is 17.9 Å². The van der Waals surface area contributed by atoms with Gasteiger partial charge in [-0.1, -0.05) is 26.0 Å². The average Bonchev–Trinajstić information content (AvgIpc) is 2.69. The van der Waals surface area contributed by atoms with Gasteiger partial charge in [-0.15, -0.1) is 0 Å². The number of halogens is 1. The summed E-state index contributed by atoms with van der Waals surface area (Å²) in [6.45, 7) is 5.05. The molecular weight excluding hydrogens is 405 g/mol. The van der Waals surface area contributed by atoms with Gasteiger partial charge in [0.15, 0.2) is 5.78 Å². The zero-order valence-electron chi connectivity index (χ0n) is 17.9. The van der Waals surface area contributed by atoms with Crippen molar-refractivity contribution in [3.8, 4) is 0 Å². The number of rotatable bonds is 10. The lowest BCUT2D eigenvalue weighted by molar-refractivity contribution is -0.120. The van der Waals surface area contributed by atoms with E-state index in [1.54, 1.807) is 6.92 Å². The first-order chi connectivity index (χ1) is 14.6. The standard InChI is InChI=1S/C21H28FN5O4/c1-4-26-20(30)17(16(28)10-25-15(19(24)29)9-12(2)3)18(23)27(21(26)31)11-13-5-7-14(22)8-6-13/h5-8,12,15,25H,4,9-11,23H2,1-3H3,(H2,24,29). The summed E-state index contributed by atoms with van der Waals surface area (Å²) in [7, 11) is 0. The topological polar surface area (TPSA) is 142 Å². The first-order valence-electron chi connectivity index (χ1n) is 10.00. The van der Waals surface area contributed by atoms with Gasteiger partial charge in [-0.25, -0.2) is 9.18 Å². The Morgan fingerprint density at radius 2 is 1.74 bits per heavy atom. The Balaban J connectivity index is 2.43. The Morgan fingerprint density at radius 1 is 1.13 bits per heavy atom. The number of carbonyl (C=O) groups is 2. The van der Waals surface area contributed by atoms with Gasteiger partial charge in [0.1, 0.15) is 17.2 Å². The van der Waals surface area contributed by atoms with Gasteiger partial charge in [0.05, 0.1) is 19.1 Å². The summed E-state index contributed by atoms with van der Waals surface area (Å²) in [5.41, 5.74) is 10.2. The van der Waals surface area contributed by atoms with Crippen molar-refractivity contribution in [3.63, 3.8) is 0 Å². The molecule has 1 aromatic carbocycles. The van der Waals surface area contributed by atoms with Gasteiger partial charge in [0.2, 0.25) is 5.91 Å². The van der Waals surface area contributed by atoms with Gasteiger partial charge < -0.3 is 11.5 Å². The largest absolute Gasteiger partial charge is 0.384 e. The lowest BCUT2D eigenvalue weighted by Crippen LogP contribution is -2.47. The molecule has 1 aromatic heterocycles. The molecule has 0 bridgehead atoms. The smallest absolute Gasteiger partial charge is 0.332 e. The van der Waals surface area contributed by atoms with Crippen molar-refractivity contribution in [1.82, 2.24) is 14.5 Å². The Hall–Kier alpha value is -3.27. The van der Waals surface area contributed by atoms with E-state index in [1.165, 1.54) is 24.3 Å². The Morgan fingerprint density at radius 3 is 2.26 bits per heavy atom. The van der Waals surface area contributed by atoms with E-state index in [-0.39, 0.29) is 36.9 Å². The van der Waals surface area contributed by atoms with Crippen LogP contribution in [-0.4, -0.2) is 33.4 Å². The zero-order chi connectivity index (χ0) is 23.3. The Kier molecular flexibility index (Phi) is 7.87. The fraction of sp³-hybridized carbons (Fsp3) is 0.429. The van der Waals surface area contributed by atoms with Crippen molar-refractivity contribution in [2.24, 2.45) is 11.7 Å². The number of nitrogens with zero attached hydrogens (tertiary/aromatic N) is 2. The molecule has 0 aliphatic rings. The molecule has 10 heteroatoms. The number of hydrogen-bond acceptors (Lipinski definition) is 6. The number of ketones is 1. The SMILES string of the molecule is CCn1c(=O)c(C(=O)CNC(CC(C)C)C(N)=O)c(N)n(Cc2ccc(F)cc2)c1=O. The van der Waals surface area contributed by atoms with Gasteiger partial charge in [0, 0.05) is 6.54 Å². The number of aromatic nitrogens is 2. The van der Waals surface area contributed by atoms with Crippen molar-refractivity contribution >= 4 is 17.5 Å². The number of nitrogens with one attached hydrogen (secondary N) is 1. The van der Waals surface area contributed by atoms with E-state index in [0.29, 0.717) is 12.0 Å². The van der Waals surface area contributed by atoms with Crippen LogP contribution in [0.15, 0.2) is 33.9 Å². The Labute approximate surface area is 178 Å². The summed E-state index contributed by atoms with van der Waals surface area (Å²) >= 11 is 0. The molecule has 0 saturated heterocycles. The number of nitrogen functional groups attached to an aromatic ring is 1. The van der Waals surface area contributed by atoms with E-state index in [0.717, 1.165) is 9.13 Å². The highest BCUT2D eigenvalue weighted by molar-refractivity contribution is 6.01. The maximum Gasteiger partial charge on any atom is 0.332 e. The number of anilines is 1. The molecule has 0 aliphatic carbocycles. The van der Waals surface area contributed by atoms with Crippen LogP contribution in [0.1, 0.15) is 43.1 Å². The maximum atomic E-state index is 13.2. The second kappa shape index (κ2) is 10.2.